The van der Waals surface area contributed by atoms with E-state index in [1.807, 2.05) is 31.2 Å². The normalized spacial score (nSPS) is 10.2. The van der Waals surface area contributed by atoms with Crippen LogP contribution in [0, 0.1) is 0 Å². The highest BCUT2D eigenvalue weighted by atomic mass is 32.1. The van der Waals surface area contributed by atoms with Crippen molar-refractivity contribution in [3.8, 4) is 0 Å². The van der Waals surface area contributed by atoms with Gasteiger partial charge >= 0.3 is 0 Å². The second-order valence-electron chi connectivity index (χ2n) is 3.77. The summed E-state index contributed by atoms with van der Waals surface area (Å²) in [5, 5.41) is 11.1. The van der Waals surface area contributed by atoms with Crippen LogP contribution in [0.15, 0.2) is 24.3 Å². The monoisotopic (exact) mass is 278 g/mol. The summed E-state index contributed by atoms with van der Waals surface area (Å²) in [5.41, 5.74) is 6.66. The number of rotatable bonds is 3. The third-order valence-electron chi connectivity index (χ3n) is 2.37. The highest BCUT2D eigenvalue weighted by molar-refractivity contribution is 7.80. The number of fused-ring (bicyclic) bond motifs is 1. The molecule has 2 rings (SSSR count). The molecule has 0 unspecified atom stereocenters. The fourth-order valence-corrected chi connectivity index (χ4v) is 1.74. The molecule has 0 saturated heterocycles. The zero-order valence-corrected chi connectivity index (χ0v) is 11.2. The Bertz CT molecular complexity index is 596. The van der Waals surface area contributed by atoms with Crippen molar-refractivity contribution in [1.29, 1.82) is 0 Å². The van der Waals surface area contributed by atoms with Crippen molar-refractivity contribution in [3.63, 3.8) is 0 Å². The molecule has 0 radical (unpaired) electrons. The van der Waals surface area contributed by atoms with E-state index in [4.69, 9.17) is 12.2 Å². The first-order valence-electron chi connectivity index (χ1n) is 5.81. The van der Waals surface area contributed by atoms with Gasteiger partial charge in [0.1, 0.15) is 12.1 Å². The number of nitrogens with one attached hydrogen (secondary N) is 3. The van der Waals surface area contributed by atoms with E-state index in [2.05, 4.69) is 26.5 Å². The van der Waals surface area contributed by atoms with E-state index in [1.54, 1.807) is 0 Å². The van der Waals surface area contributed by atoms with Crippen molar-refractivity contribution < 1.29 is 4.79 Å². The molecule has 1 heterocycles. The highest BCUT2D eigenvalue weighted by Crippen LogP contribution is 2.08. The third kappa shape index (κ3) is 3.38. The summed E-state index contributed by atoms with van der Waals surface area (Å²) in [6, 6.07) is 7.45. The summed E-state index contributed by atoms with van der Waals surface area (Å²) < 4.78 is 1.53. The predicted octanol–water partition coefficient (Wildman–Crippen LogP) is -0.0535. The van der Waals surface area contributed by atoms with Crippen LogP contribution in [0.5, 0.6) is 0 Å². The SMILES string of the molecule is CCNC(=S)NNC(=O)Cn1nnc2ccccc21. The van der Waals surface area contributed by atoms with E-state index in [1.165, 1.54) is 4.68 Å². The zero-order valence-electron chi connectivity index (χ0n) is 10.4. The van der Waals surface area contributed by atoms with E-state index >= 15 is 0 Å². The molecular formula is C11H14N6OS. The van der Waals surface area contributed by atoms with Crippen LogP contribution in [-0.2, 0) is 11.3 Å². The number of aromatic nitrogens is 3. The highest BCUT2D eigenvalue weighted by Gasteiger charge is 2.08. The van der Waals surface area contributed by atoms with Crippen molar-refractivity contribution in [3.05, 3.63) is 24.3 Å². The summed E-state index contributed by atoms with van der Waals surface area (Å²) in [5.74, 6) is -0.254. The summed E-state index contributed by atoms with van der Waals surface area (Å²) in [6.07, 6.45) is 0. The lowest BCUT2D eigenvalue weighted by molar-refractivity contribution is -0.122. The first-order chi connectivity index (χ1) is 9.20. The Morgan fingerprint density at radius 3 is 2.95 bits per heavy atom. The topological polar surface area (TPSA) is 83.9 Å². The van der Waals surface area contributed by atoms with Crippen molar-refractivity contribution in [2.45, 2.75) is 13.5 Å². The van der Waals surface area contributed by atoms with Crippen LogP contribution in [0.25, 0.3) is 11.0 Å². The maximum atomic E-state index is 11.7. The van der Waals surface area contributed by atoms with Gasteiger partial charge in [0.15, 0.2) is 5.11 Å². The number of carbonyl (C=O) groups excluding carboxylic acids is 1. The fourth-order valence-electron chi connectivity index (χ4n) is 1.54. The molecule has 0 atom stereocenters. The van der Waals surface area contributed by atoms with Gasteiger partial charge in [-0.2, -0.15) is 0 Å². The van der Waals surface area contributed by atoms with Gasteiger partial charge in [-0.25, -0.2) is 4.68 Å². The number of benzene rings is 1. The molecule has 7 nitrogen and oxygen atoms in total. The van der Waals surface area contributed by atoms with Gasteiger partial charge in [-0.05, 0) is 31.3 Å². The van der Waals surface area contributed by atoms with Crippen LogP contribution >= 0.6 is 12.2 Å². The van der Waals surface area contributed by atoms with Gasteiger partial charge in [0.2, 0.25) is 0 Å². The molecule has 0 fully saturated rings. The molecular weight excluding hydrogens is 264 g/mol. The molecule has 1 amide bonds. The summed E-state index contributed by atoms with van der Waals surface area (Å²) in [7, 11) is 0. The molecule has 0 spiro atoms. The van der Waals surface area contributed by atoms with Crippen LogP contribution in [0.2, 0.25) is 0 Å². The first-order valence-corrected chi connectivity index (χ1v) is 6.22. The van der Waals surface area contributed by atoms with Gasteiger partial charge in [0.25, 0.3) is 5.91 Å². The minimum Gasteiger partial charge on any atom is -0.362 e. The van der Waals surface area contributed by atoms with Gasteiger partial charge in [0, 0.05) is 6.54 Å². The Morgan fingerprint density at radius 2 is 2.16 bits per heavy atom. The van der Waals surface area contributed by atoms with Crippen LogP contribution in [0.3, 0.4) is 0 Å². The van der Waals surface area contributed by atoms with E-state index in [0.29, 0.717) is 11.7 Å². The van der Waals surface area contributed by atoms with Gasteiger partial charge in [-0.3, -0.25) is 15.6 Å². The third-order valence-corrected chi connectivity index (χ3v) is 2.61. The molecule has 1 aromatic carbocycles. The molecule has 8 heteroatoms. The minimum atomic E-state index is -0.254. The molecule has 0 aliphatic heterocycles. The first kappa shape index (κ1) is 13.2. The minimum absolute atomic E-state index is 0.0717. The molecule has 0 bridgehead atoms. The molecule has 100 valence electrons. The van der Waals surface area contributed by atoms with Gasteiger partial charge in [-0.15, -0.1) is 5.10 Å². The smallest absolute Gasteiger partial charge is 0.260 e. The molecule has 0 aliphatic carbocycles. The number of thiocarbonyl (C=S) groups is 1. The van der Waals surface area contributed by atoms with Crippen molar-refractivity contribution >= 4 is 34.3 Å². The molecule has 1 aromatic heterocycles. The maximum Gasteiger partial charge on any atom is 0.260 e. The summed E-state index contributed by atoms with van der Waals surface area (Å²) >= 11 is 4.92. The van der Waals surface area contributed by atoms with Crippen molar-refractivity contribution in [2.75, 3.05) is 6.54 Å². The van der Waals surface area contributed by atoms with E-state index in [9.17, 15) is 4.79 Å². The molecule has 2 aromatic rings. The lowest BCUT2D eigenvalue weighted by Crippen LogP contribution is -2.47. The second-order valence-corrected chi connectivity index (χ2v) is 4.18. The van der Waals surface area contributed by atoms with Crippen LogP contribution in [0.4, 0.5) is 0 Å². The van der Waals surface area contributed by atoms with Crippen LogP contribution < -0.4 is 16.2 Å². The largest absolute Gasteiger partial charge is 0.362 e. The van der Waals surface area contributed by atoms with E-state index in [-0.39, 0.29) is 12.5 Å². The second kappa shape index (κ2) is 6.10. The maximum absolute atomic E-state index is 11.7. The molecule has 0 saturated carbocycles. The average Bonchev–Trinajstić information content (AvgIpc) is 2.80. The van der Waals surface area contributed by atoms with Crippen molar-refractivity contribution in [1.82, 2.24) is 31.2 Å². The standard InChI is InChI=1S/C11H14N6OS/c1-2-12-11(19)15-14-10(18)7-17-9-6-4-3-5-8(9)13-16-17/h3-6H,2,7H2,1H3,(H,14,18)(H2,12,15,19). The Morgan fingerprint density at radius 1 is 1.37 bits per heavy atom. The molecule has 3 N–H and O–H groups in total. The van der Waals surface area contributed by atoms with Gasteiger partial charge in [-0.1, -0.05) is 17.3 Å². The molecule has 0 aliphatic rings. The number of nitrogens with zero attached hydrogens (tertiary/aromatic N) is 3. The van der Waals surface area contributed by atoms with Gasteiger partial charge < -0.3 is 5.32 Å². The Labute approximate surface area is 115 Å². The van der Waals surface area contributed by atoms with E-state index in [0.717, 1.165) is 11.0 Å². The number of hydrogen-bond acceptors (Lipinski definition) is 4. The predicted molar refractivity (Wildman–Crippen MR) is 75.1 cm³/mol. The zero-order chi connectivity index (χ0) is 13.7. The number of carbonyl (C=O) groups is 1. The number of hydrogen-bond donors (Lipinski definition) is 3. The summed E-state index contributed by atoms with van der Waals surface area (Å²) in [6.45, 7) is 2.68. The Kier molecular flexibility index (Phi) is 4.24. The summed E-state index contributed by atoms with van der Waals surface area (Å²) in [4.78, 5) is 11.7. The van der Waals surface area contributed by atoms with E-state index < -0.39 is 0 Å². The Balaban J connectivity index is 1.94. The molecule has 19 heavy (non-hydrogen) atoms. The average molecular weight is 278 g/mol. The van der Waals surface area contributed by atoms with Crippen molar-refractivity contribution in [2.24, 2.45) is 0 Å². The quantitative estimate of drug-likeness (QED) is 0.539. The number of amides is 1. The van der Waals surface area contributed by atoms with Gasteiger partial charge in [0.05, 0.1) is 5.52 Å². The van der Waals surface area contributed by atoms with Crippen LogP contribution in [0.1, 0.15) is 6.92 Å². The Hall–Kier alpha value is -2.22. The fraction of sp³-hybridized carbons (Fsp3) is 0.273. The number of para-hydroxylation sites is 1. The van der Waals surface area contributed by atoms with Crippen LogP contribution in [-0.4, -0.2) is 32.6 Å². The lowest BCUT2D eigenvalue weighted by Gasteiger charge is -2.10. The number of hydrazine groups is 1. The lowest BCUT2D eigenvalue weighted by atomic mass is 10.3.